The zero-order valence-electron chi connectivity index (χ0n) is 8.84. The molecule has 0 aliphatic rings. The van der Waals surface area contributed by atoms with Gasteiger partial charge < -0.3 is 9.47 Å². The zero-order valence-corrected chi connectivity index (χ0v) is 8.84. The number of carbonyl (C=O) groups is 1. The molecule has 0 spiro atoms. The highest BCUT2D eigenvalue weighted by atomic mass is 16.6. The van der Waals surface area contributed by atoms with Crippen LogP contribution >= 0.6 is 0 Å². The second-order valence-electron chi connectivity index (χ2n) is 2.95. The van der Waals surface area contributed by atoms with Crippen molar-refractivity contribution in [2.24, 2.45) is 0 Å². The molecule has 0 amide bonds. The van der Waals surface area contributed by atoms with Gasteiger partial charge in [0.05, 0.1) is 7.11 Å². The first-order valence-electron chi connectivity index (χ1n) is 4.62. The van der Waals surface area contributed by atoms with Gasteiger partial charge in [-0.1, -0.05) is 36.4 Å². The Morgan fingerprint density at radius 3 is 2.47 bits per heavy atom. The molecule has 0 aliphatic heterocycles. The van der Waals surface area contributed by atoms with Crippen molar-refractivity contribution in [3.63, 3.8) is 0 Å². The maximum Gasteiger partial charge on any atom is 0.339 e. The molecule has 1 unspecified atom stereocenters. The summed E-state index contributed by atoms with van der Waals surface area (Å²) in [5, 5.41) is 0. The van der Waals surface area contributed by atoms with Gasteiger partial charge in [-0.3, -0.25) is 0 Å². The van der Waals surface area contributed by atoms with Gasteiger partial charge in [0, 0.05) is 7.11 Å². The highest BCUT2D eigenvalue weighted by Gasteiger charge is 2.13. The van der Waals surface area contributed by atoms with Gasteiger partial charge in [0.25, 0.3) is 0 Å². The highest BCUT2D eigenvalue weighted by molar-refractivity contribution is 5.78. The minimum absolute atomic E-state index is 0.398. The molecule has 0 N–H and O–H groups in total. The Balaban J connectivity index is 2.67. The second kappa shape index (κ2) is 5.98. The van der Waals surface area contributed by atoms with Crippen LogP contribution in [0.1, 0.15) is 5.56 Å². The Bertz CT molecular complexity index is 330. The number of hydrogen-bond acceptors (Lipinski definition) is 3. The van der Waals surface area contributed by atoms with E-state index < -0.39 is 12.1 Å². The summed E-state index contributed by atoms with van der Waals surface area (Å²) in [6.45, 7) is 0. The molecule has 3 nitrogen and oxygen atoms in total. The predicted molar refractivity (Wildman–Crippen MR) is 58.3 cm³/mol. The lowest BCUT2D eigenvalue weighted by molar-refractivity contribution is -0.149. The van der Waals surface area contributed by atoms with E-state index in [1.165, 1.54) is 14.2 Å². The van der Waals surface area contributed by atoms with Crippen LogP contribution in [0.4, 0.5) is 0 Å². The molecule has 0 saturated carbocycles. The van der Waals surface area contributed by atoms with Crippen LogP contribution in [0, 0.1) is 0 Å². The molecule has 0 heterocycles. The van der Waals surface area contributed by atoms with Crippen LogP contribution < -0.4 is 0 Å². The molecule has 15 heavy (non-hydrogen) atoms. The SMILES string of the molecule is COC(=O)C(/C=C/c1ccccc1)OC. The zero-order chi connectivity index (χ0) is 11.1. The quantitative estimate of drug-likeness (QED) is 0.706. The monoisotopic (exact) mass is 206 g/mol. The lowest BCUT2D eigenvalue weighted by atomic mass is 10.2. The second-order valence-corrected chi connectivity index (χ2v) is 2.95. The predicted octanol–water partition coefficient (Wildman–Crippen LogP) is 1.89. The minimum atomic E-state index is -0.643. The van der Waals surface area contributed by atoms with E-state index in [0.29, 0.717) is 0 Å². The molecule has 0 aliphatic carbocycles. The van der Waals surface area contributed by atoms with Gasteiger partial charge in [0.1, 0.15) is 0 Å². The Morgan fingerprint density at radius 1 is 1.27 bits per heavy atom. The summed E-state index contributed by atoms with van der Waals surface area (Å²) in [5.74, 6) is -0.398. The minimum Gasteiger partial charge on any atom is -0.467 e. The molecule has 3 heteroatoms. The third-order valence-electron chi connectivity index (χ3n) is 1.95. The average molecular weight is 206 g/mol. The molecule has 1 atom stereocenters. The maximum absolute atomic E-state index is 11.2. The van der Waals surface area contributed by atoms with Gasteiger partial charge >= 0.3 is 5.97 Å². The van der Waals surface area contributed by atoms with E-state index in [-0.39, 0.29) is 0 Å². The van der Waals surface area contributed by atoms with E-state index in [4.69, 9.17) is 4.74 Å². The topological polar surface area (TPSA) is 35.5 Å². The van der Waals surface area contributed by atoms with Gasteiger partial charge in [-0.05, 0) is 11.6 Å². The third-order valence-corrected chi connectivity index (χ3v) is 1.95. The van der Waals surface area contributed by atoms with Crippen molar-refractivity contribution in [2.75, 3.05) is 14.2 Å². The summed E-state index contributed by atoms with van der Waals surface area (Å²) in [6.07, 6.45) is 2.85. The van der Waals surface area contributed by atoms with E-state index in [9.17, 15) is 4.79 Å². The average Bonchev–Trinajstić information content (AvgIpc) is 2.31. The summed E-state index contributed by atoms with van der Waals surface area (Å²) < 4.78 is 9.54. The van der Waals surface area contributed by atoms with E-state index in [2.05, 4.69) is 4.74 Å². The summed E-state index contributed by atoms with van der Waals surface area (Å²) in [6, 6.07) is 9.69. The molecule has 0 bridgehead atoms. The molecular formula is C12H14O3. The summed E-state index contributed by atoms with van der Waals surface area (Å²) in [5.41, 5.74) is 1.02. The van der Waals surface area contributed by atoms with Crippen LogP contribution in [-0.4, -0.2) is 26.3 Å². The van der Waals surface area contributed by atoms with Crippen LogP contribution in [-0.2, 0) is 14.3 Å². The van der Waals surface area contributed by atoms with Crippen LogP contribution in [0.5, 0.6) is 0 Å². The number of ether oxygens (including phenoxy) is 2. The normalized spacial score (nSPS) is 12.7. The van der Waals surface area contributed by atoms with Gasteiger partial charge in [0.15, 0.2) is 6.10 Å². The number of benzene rings is 1. The van der Waals surface area contributed by atoms with Crippen LogP contribution in [0.15, 0.2) is 36.4 Å². The molecule has 0 radical (unpaired) electrons. The molecule has 0 saturated heterocycles. The summed E-state index contributed by atoms with van der Waals surface area (Å²) in [7, 11) is 2.81. The molecule has 0 aromatic heterocycles. The van der Waals surface area contributed by atoms with Gasteiger partial charge in [-0.25, -0.2) is 4.79 Å². The van der Waals surface area contributed by atoms with Crippen molar-refractivity contribution in [3.8, 4) is 0 Å². The van der Waals surface area contributed by atoms with E-state index in [0.717, 1.165) is 5.56 Å². The van der Waals surface area contributed by atoms with Crippen molar-refractivity contribution in [1.82, 2.24) is 0 Å². The van der Waals surface area contributed by atoms with Gasteiger partial charge in [0.2, 0.25) is 0 Å². The third kappa shape index (κ3) is 3.56. The van der Waals surface area contributed by atoms with E-state index >= 15 is 0 Å². The van der Waals surface area contributed by atoms with Crippen molar-refractivity contribution in [2.45, 2.75) is 6.10 Å². The first kappa shape index (κ1) is 11.5. The first-order valence-corrected chi connectivity index (χ1v) is 4.62. The number of rotatable bonds is 4. The standard InChI is InChI=1S/C12H14O3/c1-14-11(12(13)15-2)9-8-10-6-4-3-5-7-10/h3-9,11H,1-2H3/b9-8+. The lowest BCUT2D eigenvalue weighted by Crippen LogP contribution is -2.21. The Labute approximate surface area is 89.3 Å². The largest absolute Gasteiger partial charge is 0.467 e. The van der Waals surface area contributed by atoms with Crippen molar-refractivity contribution >= 4 is 12.0 Å². The van der Waals surface area contributed by atoms with Gasteiger partial charge in [-0.2, -0.15) is 0 Å². The Morgan fingerprint density at radius 2 is 1.93 bits per heavy atom. The van der Waals surface area contributed by atoms with E-state index in [1.54, 1.807) is 6.08 Å². The highest BCUT2D eigenvalue weighted by Crippen LogP contribution is 2.04. The number of hydrogen-bond donors (Lipinski definition) is 0. The molecule has 0 fully saturated rings. The van der Waals surface area contributed by atoms with Crippen LogP contribution in [0.2, 0.25) is 0 Å². The fraction of sp³-hybridized carbons (Fsp3) is 0.250. The van der Waals surface area contributed by atoms with Crippen molar-refractivity contribution in [1.29, 1.82) is 0 Å². The molecule has 1 rings (SSSR count). The fourth-order valence-corrected chi connectivity index (χ4v) is 1.13. The molecular weight excluding hydrogens is 192 g/mol. The lowest BCUT2D eigenvalue weighted by Gasteiger charge is -2.07. The maximum atomic E-state index is 11.2. The number of esters is 1. The van der Waals surface area contributed by atoms with Crippen molar-refractivity contribution in [3.05, 3.63) is 42.0 Å². The summed E-state index contributed by atoms with van der Waals surface area (Å²) >= 11 is 0. The van der Waals surface area contributed by atoms with Crippen LogP contribution in [0.3, 0.4) is 0 Å². The first-order chi connectivity index (χ1) is 7.27. The van der Waals surface area contributed by atoms with Crippen molar-refractivity contribution < 1.29 is 14.3 Å². The Kier molecular flexibility index (Phi) is 4.57. The fourth-order valence-electron chi connectivity index (χ4n) is 1.13. The van der Waals surface area contributed by atoms with Gasteiger partial charge in [-0.15, -0.1) is 0 Å². The smallest absolute Gasteiger partial charge is 0.339 e. The molecule has 1 aromatic rings. The Hall–Kier alpha value is -1.61. The van der Waals surface area contributed by atoms with E-state index in [1.807, 2.05) is 36.4 Å². The summed E-state index contributed by atoms with van der Waals surface area (Å²) in [4.78, 5) is 11.2. The number of methoxy groups -OCH3 is 2. The molecule has 80 valence electrons. The molecule has 1 aromatic carbocycles. The van der Waals surface area contributed by atoms with Crippen LogP contribution in [0.25, 0.3) is 6.08 Å². The number of carbonyl (C=O) groups excluding carboxylic acids is 1.